The molecule has 308 valence electrons. The maximum Gasteiger partial charge on any atom is 0.293 e. The molecule has 4 atom stereocenters. The van der Waals surface area contributed by atoms with Crippen LogP contribution in [0.4, 0.5) is 32.2 Å². The number of para-hydroxylation sites is 1. The standard InChI is InChI=1S/C40H36F6N8O4S/c1-52-32-24(37(50-52)51-59(2,57)58)8-5-9-29(32)53-38(48-28-15-20(19-6-3-4-7-19)10-11-23(28)39(53)56)26(14-18-12-21(41)16-22(42)13-18)33(36(47)55)54-34-30(31(49-54)35(43)44)25-17-27(25)40(34,45)46/h5,8-13,15-16,19,25-27,33,35H,3-4,6-7,14,17H2,1-2H3,(H2,47,55)(H,50,51)/t25-,26-,27+,33?/m0/s1. The van der Waals surface area contributed by atoms with Crippen molar-refractivity contribution in [2.24, 2.45) is 18.7 Å². The van der Waals surface area contributed by atoms with Gasteiger partial charge in [0.1, 0.15) is 34.9 Å². The zero-order valence-electron chi connectivity index (χ0n) is 31.5. The Balaban J connectivity index is 1.37. The van der Waals surface area contributed by atoms with E-state index in [0.717, 1.165) is 54.2 Å². The van der Waals surface area contributed by atoms with Crippen LogP contribution in [0.1, 0.15) is 96.2 Å². The van der Waals surface area contributed by atoms with Gasteiger partial charge in [0.15, 0.2) is 5.82 Å². The predicted molar refractivity (Wildman–Crippen MR) is 204 cm³/mol. The molecule has 3 aliphatic carbocycles. The first-order valence-electron chi connectivity index (χ1n) is 19.0. The Morgan fingerprint density at radius 3 is 2.39 bits per heavy atom. The number of carbonyl (C=O) groups excluding carboxylic acids is 1. The molecule has 0 radical (unpaired) electrons. The van der Waals surface area contributed by atoms with Crippen molar-refractivity contribution < 1.29 is 39.6 Å². The highest BCUT2D eigenvalue weighted by Gasteiger charge is 2.67. The third-order valence-electron chi connectivity index (χ3n) is 11.9. The van der Waals surface area contributed by atoms with Crippen LogP contribution in [-0.4, -0.2) is 49.7 Å². The minimum atomic E-state index is -3.86. The van der Waals surface area contributed by atoms with Crippen LogP contribution in [0.2, 0.25) is 0 Å². The number of hydrogen-bond donors (Lipinski definition) is 2. The van der Waals surface area contributed by atoms with Gasteiger partial charge < -0.3 is 5.73 Å². The normalized spacial score (nSPS) is 19.7. The summed E-state index contributed by atoms with van der Waals surface area (Å²) < 4.78 is 121. The van der Waals surface area contributed by atoms with Crippen molar-refractivity contribution in [2.75, 3.05) is 11.0 Å². The molecule has 0 aliphatic heterocycles. The second kappa shape index (κ2) is 13.7. The summed E-state index contributed by atoms with van der Waals surface area (Å²) >= 11 is 0. The van der Waals surface area contributed by atoms with E-state index in [9.17, 15) is 30.8 Å². The minimum Gasteiger partial charge on any atom is -0.368 e. The molecule has 1 unspecified atom stereocenters. The van der Waals surface area contributed by atoms with Crippen molar-refractivity contribution in [1.82, 2.24) is 29.1 Å². The van der Waals surface area contributed by atoms with E-state index in [1.54, 1.807) is 12.1 Å². The molecule has 2 fully saturated rings. The Morgan fingerprint density at radius 2 is 1.73 bits per heavy atom. The van der Waals surface area contributed by atoms with Gasteiger partial charge in [0.25, 0.3) is 17.9 Å². The molecule has 3 N–H and O–H groups in total. The lowest BCUT2D eigenvalue weighted by molar-refractivity contribution is -0.122. The molecule has 6 aromatic rings. The molecule has 0 spiro atoms. The maximum atomic E-state index is 16.2. The lowest BCUT2D eigenvalue weighted by atomic mass is 9.89. The summed E-state index contributed by atoms with van der Waals surface area (Å²) in [5.74, 6) is -11.3. The van der Waals surface area contributed by atoms with Gasteiger partial charge in [-0.25, -0.2) is 35.6 Å². The maximum absolute atomic E-state index is 16.2. The first-order chi connectivity index (χ1) is 27.9. The number of primary amides is 1. The van der Waals surface area contributed by atoms with Crippen molar-refractivity contribution >= 4 is 43.6 Å². The highest BCUT2D eigenvalue weighted by Crippen LogP contribution is 2.68. The van der Waals surface area contributed by atoms with Crippen LogP contribution in [0.15, 0.2) is 59.4 Å². The Morgan fingerprint density at radius 1 is 1.02 bits per heavy atom. The molecule has 3 heterocycles. The van der Waals surface area contributed by atoms with E-state index in [1.807, 2.05) is 6.07 Å². The fourth-order valence-corrected chi connectivity index (χ4v) is 9.90. The molecule has 59 heavy (non-hydrogen) atoms. The lowest BCUT2D eigenvalue weighted by Crippen LogP contribution is -2.39. The van der Waals surface area contributed by atoms with Gasteiger partial charge in [0, 0.05) is 30.0 Å². The topological polar surface area (TPSA) is 160 Å². The third-order valence-corrected chi connectivity index (χ3v) is 12.4. The van der Waals surface area contributed by atoms with Crippen LogP contribution >= 0.6 is 0 Å². The van der Waals surface area contributed by atoms with Crippen molar-refractivity contribution in [3.63, 3.8) is 0 Å². The number of sulfonamides is 1. The number of alkyl halides is 4. The van der Waals surface area contributed by atoms with E-state index in [2.05, 4.69) is 14.9 Å². The molecule has 3 aliphatic rings. The predicted octanol–water partition coefficient (Wildman–Crippen LogP) is 6.98. The number of benzene rings is 3. The molecule has 12 nitrogen and oxygen atoms in total. The number of amides is 1. The molecular weight excluding hydrogens is 803 g/mol. The number of rotatable bonds is 11. The van der Waals surface area contributed by atoms with Crippen LogP contribution in [0, 0.1) is 17.6 Å². The number of carbonyl (C=O) groups is 1. The Labute approximate surface area is 332 Å². The van der Waals surface area contributed by atoms with Gasteiger partial charge in [-0.15, -0.1) is 0 Å². The van der Waals surface area contributed by atoms with Crippen molar-refractivity contribution in [3.8, 4) is 5.69 Å². The quantitative estimate of drug-likeness (QED) is 0.133. The van der Waals surface area contributed by atoms with E-state index in [4.69, 9.17) is 10.7 Å². The average molecular weight is 839 g/mol. The molecule has 9 rings (SSSR count). The monoisotopic (exact) mass is 838 g/mol. The SMILES string of the molecule is Cn1nc(NS(C)(=O)=O)c2cccc(-n3c([C@@H](Cc4cc(F)cc(F)c4)C(C(N)=O)n4nc(C(F)F)c5c4C(F)(F)[C@@H]4C[C@H]54)nc4cc(C5CCCC5)ccc4c3=O)c21. The van der Waals surface area contributed by atoms with Gasteiger partial charge in [-0.05, 0) is 85.0 Å². The van der Waals surface area contributed by atoms with Crippen LogP contribution in [0.25, 0.3) is 27.5 Å². The highest BCUT2D eigenvalue weighted by molar-refractivity contribution is 7.92. The number of fused-ring (bicyclic) bond motifs is 5. The van der Waals surface area contributed by atoms with Crippen LogP contribution in [0.5, 0.6) is 0 Å². The molecular formula is C40H36F6N8O4S. The van der Waals surface area contributed by atoms with Gasteiger partial charge in [-0.2, -0.15) is 19.0 Å². The van der Waals surface area contributed by atoms with Crippen LogP contribution in [0.3, 0.4) is 0 Å². The van der Waals surface area contributed by atoms with E-state index < -0.39 is 87.1 Å². The number of nitrogens with two attached hydrogens (primary N) is 1. The number of hydrogen-bond acceptors (Lipinski definition) is 7. The van der Waals surface area contributed by atoms with Crippen molar-refractivity contribution in [3.05, 3.63) is 110 Å². The summed E-state index contributed by atoms with van der Waals surface area (Å²) in [7, 11) is -2.38. The zero-order valence-corrected chi connectivity index (χ0v) is 32.3. The summed E-state index contributed by atoms with van der Waals surface area (Å²) in [5.41, 5.74) is 4.25. The minimum absolute atomic E-state index is 0.0394. The number of nitrogens with zero attached hydrogens (tertiary/aromatic N) is 6. The van der Waals surface area contributed by atoms with Gasteiger partial charge in [0.05, 0.1) is 34.3 Å². The summed E-state index contributed by atoms with van der Waals surface area (Å²) in [5, 5.41) is 8.61. The fourth-order valence-electron chi connectivity index (χ4n) is 9.39. The summed E-state index contributed by atoms with van der Waals surface area (Å²) in [4.78, 5) is 34.0. The second-order valence-corrected chi connectivity index (χ2v) is 17.5. The smallest absolute Gasteiger partial charge is 0.293 e. The van der Waals surface area contributed by atoms with E-state index >= 15 is 13.6 Å². The number of aryl methyl sites for hydroxylation is 1. The van der Waals surface area contributed by atoms with Gasteiger partial charge in [-0.3, -0.25) is 23.6 Å². The molecule has 3 aromatic carbocycles. The highest BCUT2D eigenvalue weighted by atomic mass is 32.2. The molecule has 3 aromatic heterocycles. The van der Waals surface area contributed by atoms with Gasteiger partial charge in [0.2, 0.25) is 15.9 Å². The van der Waals surface area contributed by atoms with E-state index in [-0.39, 0.29) is 62.6 Å². The van der Waals surface area contributed by atoms with Crippen LogP contribution in [-0.2, 0) is 34.2 Å². The fraction of sp³-hybridized carbons (Fsp3) is 0.375. The second-order valence-electron chi connectivity index (χ2n) is 15.8. The zero-order chi connectivity index (χ0) is 41.9. The number of aromatic nitrogens is 6. The molecule has 19 heteroatoms. The number of halogens is 6. The molecule has 0 bridgehead atoms. The van der Waals surface area contributed by atoms with Gasteiger partial charge in [-0.1, -0.05) is 25.0 Å². The largest absolute Gasteiger partial charge is 0.368 e. The summed E-state index contributed by atoms with van der Waals surface area (Å²) in [6.45, 7) is 0. The Kier molecular flexibility index (Phi) is 8.99. The first kappa shape index (κ1) is 38.8. The van der Waals surface area contributed by atoms with Crippen LogP contribution < -0.4 is 16.0 Å². The first-order valence-corrected chi connectivity index (χ1v) is 20.9. The summed E-state index contributed by atoms with van der Waals surface area (Å²) in [6.07, 6.45) is 0.699. The number of nitrogens with one attached hydrogen (secondary N) is 1. The molecule has 2 saturated carbocycles. The average Bonchev–Trinajstić information content (AvgIpc) is 3.40. The Hall–Kier alpha value is -5.72. The van der Waals surface area contributed by atoms with Crippen molar-refractivity contribution in [2.45, 2.75) is 74.7 Å². The Bertz CT molecular complexity index is 2880. The van der Waals surface area contributed by atoms with E-state index in [1.165, 1.54) is 29.9 Å². The number of anilines is 1. The third kappa shape index (κ3) is 6.44. The molecule has 1 amide bonds. The summed E-state index contributed by atoms with van der Waals surface area (Å²) in [6, 6.07) is 10.1. The lowest BCUT2D eigenvalue weighted by Gasteiger charge is -2.30. The van der Waals surface area contributed by atoms with Crippen molar-refractivity contribution in [1.29, 1.82) is 0 Å². The van der Waals surface area contributed by atoms with E-state index in [0.29, 0.717) is 10.7 Å². The van der Waals surface area contributed by atoms with Gasteiger partial charge >= 0.3 is 0 Å². The molecule has 0 saturated heterocycles.